The van der Waals surface area contributed by atoms with Crippen LogP contribution in [0.25, 0.3) is 0 Å². The molecule has 0 atom stereocenters. The van der Waals surface area contributed by atoms with E-state index in [0.717, 1.165) is 20.7 Å². The zero-order valence-corrected chi connectivity index (χ0v) is 13.3. The van der Waals surface area contributed by atoms with Gasteiger partial charge in [0, 0.05) is 16.0 Å². The van der Waals surface area contributed by atoms with Crippen molar-refractivity contribution in [1.82, 2.24) is 9.97 Å². The van der Waals surface area contributed by atoms with Gasteiger partial charge in [0.15, 0.2) is 0 Å². The molecule has 2 aromatic rings. The summed E-state index contributed by atoms with van der Waals surface area (Å²) in [4.78, 5) is 20.2. The van der Waals surface area contributed by atoms with E-state index in [1.807, 2.05) is 18.4 Å². The lowest BCUT2D eigenvalue weighted by Gasteiger charge is -2.05. The summed E-state index contributed by atoms with van der Waals surface area (Å²) in [5.41, 5.74) is 1.82. The molecule has 0 aliphatic rings. The molecule has 0 aromatic carbocycles. The van der Waals surface area contributed by atoms with Crippen LogP contribution in [0.2, 0.25) is 0 Å². The van der Waals surface area contributed by atoms with Crippen LogP contribution in [0.4, 0.5) is 5.82 Å². The number of alkyl halides is 1. The van der Waals surface area contributed by atoms with Crippen LogP contribution < -0.4 is 5.32 Å². The van der Waals surface area contributed by atoms with Crippen LogP contribution in [0.1, 0.15) is 16.3 Å². The van der Waals surface area contributed by atoms with Crippen molar-refractivity contribution in [2.45, 2.75) is 19.2 Å². The number of carbonyl (C=O) groups is 1. The van der Waals surface area contributed by atoms with Crippen molar-refractivity contribution in [3.63, 3.8) is 0 Å². The second-order valence-electron chi connectivity index (χ2n) is 3.91. The van der Waals surface area contributed by atoms with E-state index in [1.165, 1.54) is 11.3 Å². The summed E-state index contributed by atoms with van der Waals surface area (Å²) in [5.74, 6) is 0.774. The molecule has 0 bridgehead atoms. The van der Waals surface area contributed by atoms with Crippen LogP contribution in [0.3, 0.4) is 0 Å². The first kappa shape index (κ1) is 14.4. The summed E-state index contributed by atoms with van der Waals surface area (Å²) in [7, 11) is 0. The Hall–Kier alpha value is -0.980. The normalized spacial score (nSPS) is 10.5. The molecule has 4 nitrogen and oxygen atoms in total. The average Bonchev–Trinajstić information content (AvgIpc) is 2.81. The molecule has 0 aliphatic heterocycles. The van der Waals surface area contributed by atoms with Gasteiger partial charge >= 0.3 is 0 Å². The quantitative estimate of drug-likeness (QED) is 0.849. The Balaban J connectivity index is 1.98. The Bertz CT molecular complexity index is 602. The van der Waals surface area contributed by atoms with Crippen molar-refractivity contribution in [1.29, 1.82) is 0 Å². The number of rotatable bonds is 4. The minimum Gasteiger partial charge on any atom is -0.310 e. The minimum atomic E-state index is -0.135. The number of nitrogens with zero attached hydrogens (tertiary/aromatic N) is 2. The van der Waals surface area contributed by atoms with Gasteiger partial charge < -0.3 is 5.32 Å². The summed E-state index contributed by atoms with van der Waals surface area (Å²) in [5, 5.41) is 5.36. The van der Waals surface area contributed by atoms with Gasteiger partial charge in [0.1, 0.15) is 10.8 Å². The van der Waals surface area contributed by atoms with Gasteiger partial charge in [0.25, 0.3) is 0 Å². The molecule has 2 rings (SSSR count). The highest BCUT2D eigenvalue weighted by atomic mass is 79.9. The Morgan fingerprint density at radius 1 is 1.58 bits per heavy atom. The number of hydrogen-bond donors (Lipinski definition) is 1. The minimum absolute atomic E-state index is 0.135. The highest BCUT2D eigenvalue weighted by Crippen LogP contribution is 2.18. The topological polar surface area (TPSA) is 54.9 Å². The lowest BCUT2D eigenvalue weighted by Crippen LogP contribution is -2.15. The lowest BCUT2D eigenvalue weighted by molar-refractivity contribution is -0.115. The highest BCUT2D eigenvalue weighted by Gasteiger charge is 2.09. The Kier molecular flexibility index (Phi) is 4.90. The van der Waals surface area contributed by atoms with E-state index in [9.17, 15) is 4.79 Å². The fraction of sp³-hybridized carbons (Fsp3) is 0.250. The van der Waals surface area contributed by atoms with E-state index in [4.69, 9.17) is 11.6 Å². The third-order valence-electron chi connectivity index (χ3n) is 2.36. The van der Waals surface area contributed by atoms with Gasteiger partial charge in [-0.1, -0.05) is 0 Å². The first-order valence-corrected chi connectivity index (χ1v) is 7.70. The molecule has 7 heteroatoms. The number of nitrogens with one attached hydrogen (secondary N) is 1. The van der Waals surface area contributed by atoms with Gasteiger partial charge in [-0.25, -0.2) is 9.97 Å². The Morgan fingerprint density at radius 2 is 2.37 bits per heavy atom. The zero-order chi connectivity index (χ0) is 13.8. The predicted octanol–water partition coefficient (Wildman–Crippen LogP) is 3.53. The Morgan fingerprint density at radius 3 is 3.00 bits per heavy atom. The third kappa shape index (κ3) is 3.99. The maximum atomic E-state index is 11.8. The third-order valence-corrected chi connectivity index (χ3v) is 4.36. The number of hydrogen-bond acceptors (Lipinski definition) is 4. The second kappa shape index (κ2) is 6.45. The smallest absolute Gasteiger partial charge is 0.232 e. The average molecular weight is 361 g/mol. The number of carbonyl (C=O) groups excluding carboxylic acids is 1. The Labute approximate surface area is 128 Å². The van der Waals surface area contributed by atoms with E-state index < -0.39 is 0 Å². The molecule has 0 unspecified atom stereocenters. The maximum Gasteiger partial charge on any atom is 0.232 e. The summed E-state index contributed by atoms with van der Waals surface area (Å²) in [6.07, 6.45) is 1.90. The summed E-state index contributed by atoms with van der Waals surface area (Å²) < 4.78 is 0.914. The maximum absolute atomic E-state index is 11.8. The molecule has 0 aliphatic carbocycles. The molecule has 2 heterocycles. The van der Waals surface area contributed by atoms with Crippen LogP contribution in [0.15, 0.2) is 22.1 Å². The molecule has 1 amide bonds. The van der Waals surface area contributed by atoms with Crippen molar-refractivity contribution < 1.29 is 4.79 Å². The monoisotopic (exact) mass is 359 g/mol. The van der Waals surface area contributed by atoms with Crippen LogP contribution in [-0.2, 0) is 17.1 Å². The molecular formula is C12H11BrClN3OS. The van der Waals surface area contributed by atoms with Crippen LogP contribution in [-0.4, -0.2) is 15.9 Å². The van der Waals surface area contributed by atoms with Gasteiger partial charge in [0.2, 0.25) is 5.91 Å². The predicted molar refractivity (Wildman–Crippen MR) is 80.7 cm³/mol. The number of aryl methyl sites for hydroxylation is 1. The van der Waals surface area contributed by atoms with E-state index in [1.54, 1.807) is 6.20 Å². The van der Waals surface area contributed by atoms with Gasteiger partial charge in [-0.05, 0) is 34.5 Å². The first-order valence-electron chi connectivity index (χ1n) is 5.49. The first-order chi connectivity index (χ1) is 9.08. The highest BCUT2D eigenvalue weighted by molar-refractivity contribution is 9.10. The number of thiazole rings is 1. The van der Waals surface area contributed by atoms with E-state index in [2.05, 4.69) is 31.2 Å². The van der Waals surface area contributed by atoms with E-state index in [-0.39, 0.29) is 12.3 Å². The van der Waals surface area contributed by atoms with Gasteiger partial charge in [0.05, 0.1) is 18.0 Å². The number of aromatic nitrogens is 2. The van der Waals surface area contributed by atoms with Crippen molar-refractivity contribution in [3.8, 4) is 0 Å². The van der Waals surface area contributed by atoms with Crippen molar-refractivity contribution >= 4 is 50.6 Å². The van der Waals surface area contributed by atoms with Crippen molar-refractivity contribution in [3.05, 3.63) is 38.4 Å². The lowest BCUT2D eigenvalue weighted by atomic mass is 10.3. The van der Waals surface area contributed by atoms with Crippen molar-refractivity contribution in [2.24, 2.45) is 0 Å². The number of pyridine rings is 1. The summed E-state index contributed by atoms with van der Waals surface area (Å²) in [6, 6.07) is 1.81. The zero-order valence-electron chi connectivity index (χ0n) is 10.1. The molecule has 0 saturated carbocycles. The molecule has 1 N–H and O–H groups in total. The van der Waals surface area contributed by atoms with Gasteiger partial charge in [-0.3, -0.25) is 4.79 Å². The largest absolute Gasteiger partial charge is 0.310 e. The number of anilines is 1. The molecular weight excluding hydrogens is 350 g/mol. The molecule has 0 radical (unpaired) electrons. The van der Waals surface area contributed by atoms with E-state index in [0.29, 0.717) is 11.7 Å². The van der Waals surface area contributed by atoms with E-state index >= 15 is 0 Å². The molecule has 100 valence electrons. The summed E-state index contributed by atoms with van der Waals surface area (Å²) >= 11 is 10.5. The summed E-state index contributed by atoms with van der Waals surface area (Å²) in [6.45, 7) is 1.94. The molecule has 2 aromatic heterocycles. The second-order valence-corrected chi connectivity index (χ2v) is 5.97. The standard InChI is InChI=1S/C12H11BrClN3OS/c1-7-2-10(15-5-9(7)13)17-11(18)3-12-16-8(4-14)6-19-12/h2,5-6H,3-4H2,1H3,(H,15,17,18). The van der Waals surface area contributed by atoms with Crippen LogP contribution >= 0.6 is 38.9 Å². The fourth-order valence-electron chi connectivity index (χ4n) is 1.42. The number of halogens is 2. The fourth-order valence-corrected chi connectivity index (χ4v) is 2.66. The number of amides is 1. The molecule has 19 heavy (non-hydrogen) atoms. The molecule has 0 saturated heterocycles. The van der Waals surface area contributed by atoms with Gasteiger partial charge in [-0.15, -0.1) is 22.9 Å². The molecule has 0 fully saturated rings. The van der Waals surface area contributed by atoms with Gasteiger partial charge in [-0.2, -0.15) is 0 Å². The van der Waals surface area contributed by atoms with Crippen LogP contribution in [0.5, 0.6) is 0 Å². The van der Waals surface area contributed by atoms with Crippen molar-refractivity contribution in [2.75, 3.05) is 5.32 Å². The SMILES string of the molecule is Cc1cc(NC(=O)Cc2nc(CCl)cs2)ncc1Br. The van der Waals surface area contributed by atoms with Crippen LogP contribution in [0, 0.1) is 6.92 Å². The molecule has 0 spiro atoms.